The van der Waals surface area contributed by atoms with E-state index in [1.54, 1.807) is 36.5 Å². The summed E-state index contributed by atoms with van der Waals surface area (Å²) in [6.07, 6.45) is 4.39. The zero-order valence-corrected chi connectivity index (χ0v) is 17.9. The minimum atomic E-state index is -1.43. The van der Waals surface area contributed by atoms with Crippen LogP contribution in [0.25, 0.3) is 0 Å². The van der Waals surface area contributed by atoms with Crippen LogP contribution in [0.5, 0.6) is 11.6 Å². The molecule has 0 fully saturated rings. The fourth-order valence-electron chi connectivity index (χ4n) is 2.48. The lowest BCUT2D eigenvalue weighted by atomic mass is 10.2. The Balaban J connectivity index is 1.78. The number of ether oxygens (including phenoxy) is 2. The van der Waals surface area contributed by atoms with Crippen LogP contribution in [-0.2, 0) is 24.0 Å². The first-order valence-electron chi connectivity index (χ1n) is 8.81. The van der Waals surface area contributed by atoms with Crippen molar-refractivity contribution in [3.05, 3.63) is 70.6 Å². The number of nitrogens with zero attached hydrogens (tertiary/aromatic N) is 3. The van der Waals surface area contributed by atoms with Gasteiger partial charge in [-0.15, -0.1) is 0 Å². The van der Waals surface area contributed by atoms with Crippen LogP contribution in [0, 0.1) is 0 Å². The van der Waals surface area contributed by atoms with E-state index in [4.69, 9.17) is 21.1 Å². The van der Waals surface area contributed by atoms with Crippen molar-refractivity contribution in [2.24, 2.45) is 0 Å². The fraction of sp³-hybridized carbons (Fsp3) is 0.200. The van der Waals surface area contributed by atoms with E-state index in [2.05, 4.69) is 20.3 Å². The van der Waals surface area contributed by atoms with E-state index in [0.29, 0.717) is 16.5 Å². The minimum Gasteiger partial charge on any atom is -0.495 e. The lowest BCUT2D eigenvalue weighted by Crippen LogP contribution is -2.24. The Labute approximate surface area is 181 Å². The molecule has 3 aromatic rings. The van der Waals surface area contributed by atoms with Gasteiger partial charge in [-0.25, -0.2) is 4.98 Å². The molecule has 3 rings (SSSR count). The average molecular weight is 447 g/mol. The number of benzene rings is 1. The summed E-state index contributed by atoms with van der Waals surface area (Å²) in [5, 5.41) is 3.26. The molecule has 0 bridgehead atoms. The highest BCUT2D eigenvalue weighted by Gasteiger charge is 2.18. The lowest BCUT2D eigenvalue weighted by Gasteiger charge is -2.12. The van der Waals surface area contributed by atoms with Crippen molar-refractivity contribution in [1.29, 1.82) is 0 Å². The number of hydrogen-bond acceptors (Lipinski definition) is 7. The molecule has 30 heavy (non-hydrogen) atoms. The molecule has 1 unspecified atom stereocenters. The standard InChI is InChI=1S/C20H19ClN4O4S/c1-28-17-7-6-13(9-16(17)21)12-29-19-15(11-24-20(25-19)30(2)27)18(26)23-10-14-5-3-4-8-22-14/h3-9,11H,10,12H2,1-2H3,(H,23,26). The zero-order chi connectivity index (χ0) is 21.5. The van der Waals surface area contributed by atoms with Gasteiger partial charge in [-0.1, -0.05) is 23.7 Å². The van der Waals surface area contributed by atoms with Gasteiger partial charge in [-0.2, -0.15) is 4.98 Å². The van der Waals surface area contributed by atoms with Crippen molar-refractivity contribution in [2.45, 2.75) is 18.3 Å². The number of rotatable bonds is 8. The molecule has 1 aromatic carbocycles. The summed E-state index contributed by atoms with van der Waals surface area (Å²) in [6.45, 7) is 0.325. The number of amides is 1. The highest BCUT2D eigenvalue weighted by Crippen LogP contribution is 2.26. The maximum Gasteiger partial charge on any atom is 0.258 e. The molecule has 2 heterocycles. The summed E-state index contributed by atoms with van der Waals surface area (Å²) in [7, 11) is 0.0965. The van der Waals surface area contributed by atoms with Crippen LogP contribution in [0.15, 0.2) is 53.9 Å². The SMILES string of the molecule is COc1ccc(COc2nc(S(C)=O)ncc2C(=O)NCc2ccccn2)cc1Cl. The van der Waals surface area contributed by atoms with E-state index in [9.17, 15) is 9.00 Å². The molecule has 8 nitrogen and oxygen atoms in total. The number of halogens is 1. The van der Waals surface area contributed by atoms with Gasteiger partial charge < -0.3 is 14.8 Å². The van der Waals surface area contributed by atoms with Crippen molar-refractivity contribution in [3.63, 3.8) is 0 Å². The molecule has 1 amide bonds. The van der Waals surface area contributed by atoms with Gasteiger partial charge in [-0.3, -0.25) is 14.0 Å². The number of nitrogens with one attached hydrogen (secondary N) is 1. The van der Waals surface area contributed by atoms with Crippen LogP contribution in [0.3, 0.4) is 0 Å². The zero-order valence-electron chi connectivity index (χ0n) is 16.3. The Morgan fingerprint density at radius 2 is 2.07 bits per heavy atom. The third-order valence-electron chi connectivity index (χ3n) is 3.98. The second kappa shape index (κ2) is 10.1. The predicted octanol–water partition coefficient (Wildman–Crippen LogP) is 2.78. The summed E-state index contributed by atoms with van der Waals surface area (Å²) in [5.74, 6) is 0.137. The number of hydrogen-bond donors (Lipinski definition) is 1. The van der Waals surface area contributed by atoms with Gasteiger partial charge in [0.1, 0.15) is 17.9 Å². The average Bonchev–Trinajstić information content (AvgIpc) is 2.76. The van der Waals surface area contributed by atoms with Crippen molar-refractivity contribution >= 4 is 28.3 Å². The predicted molar refractivity (Wildman–Crippen MR) is 112 cm³/mol. The molecule has 0 aliphatic rings. The summed E-state index contributed by atoms with van der Waals surface area (Å²) >= 11 is 6.14. The molecule has 0 radical (unpaired) electrons. The smallest absolute Gasteiger partial charge is 0.258 e. The maximum atomic E-state index is 12.7. The second-order valence-corrected chi connectivity index (χ2v) is 7.77. The number of pyridine rings is 1. The molecule has 0 aliphatic heterocycles. The van der Waals surface area contributed by atoms with Crippen molar-refractivity contribution in [1.82, 2.24) is 20.3 Å². The molecule has 0 spiro atoms. The van der Waals surface area contributed by atoms with Crippen LogP contribution in [0.1, 0.15) is 21.6 Å². The molecule has 156 valence electrons. The van der Waals surface area contributed by atoms with Gasteiger partial charge in [-0.05, 0) is 29.8 Å². The van der Waals surface area contributed by atoms with Gasteiger partial charge >= 0.3 is 0 Å². The Bertz CT molecular complexity index is 1070. The lowest BCUT2D eigenvalue weighted by molar-refractivity contribution is 0.0944. The maximum absolute atomic E-state index is 12.7. The fourth-order valence-corrected chi connectivity index (χ4v) is 3.17. The molecule has 1 N–H and O–H groups in total. The quantitative estimate of drug-likeness (QED) is 0.530. The first kappa shape index (κ1) is 21.7. The molecule has 0 saturated heterocycles. The van der Waals surface area contributed by atoms with Crippen LogP contribution >= 0.6 is 11.6 Å². The highest BCUT2D eigenvalue weighted by molar-refractivity contribution is 7.84. The third-order valence-corrected chi connectivity index (χ3v) is 4.99. The minimum absolute atomic E-state index is 0.0284. The van der Waals surface area contributed by atoms with Crippen LogP contribution in [0.4, 0.5) is 0 Å². The van der Waals surface area contributed by atoms with Gasteiger partial charge in [0.2, 0.25) is 11.0 Å². The van der Waals surface area contributed by atoms with Crippen LogP contribution in [-0.4, -0.2) is 38.4 Å². The Morgan fingerprint density at radius 1 is 1.23 bits per heavy atom. The van der Waals surface area contributed by atoms with E-state index in [1.807, 2.05) is 6.07 Å². The van der Waals surface area contributed by atoms with Gasteiger partial charge in [0, 0.05) is 18.6 Å². The van der Waals surface area contributed by atoms with Crippen LogP contribution in [0.2, 0.25) is 5.02 Å². The highest BCUT2D eigenvalue weighted by atomic mass is 35.5. The summed E-state index contributed by atoms with van der Waals surface area (Å²) in [5.41, 5.74) is 1.58. The van der Waals surface area contributed by atoms with Gasteiger partial charge in [0.15, 0.2) is 0 Å². The molecule has 2 aromatic heterocycles. The van der Waals surface area contributed by atoms with E-state index >= 15 is 0 Å². The molecular formula is C20H19ClN4O4S. The third kappa shape index (κ3) is 5.52. The van der Waals surface area contributed by atoms with E-state index in [0.717, 1.165) is 5.56 Å². The number of carbonyl (C=O) groups excluding carboxylic acids is 1. The molecule has 10 heteroatoms. The Kier molecular flexibility index (Phi) is 7.31. The number of methoxy groups -OCH3 is 1. The van der Waals surface area contributed by atoms with Crippen molar-refractivity contribution < 1.29 is 18.5 Å². The van der Waals surface area contributed by atoms with E-state index in [1.165, 1.54) is 19.6 Å². The summed E-state index contributed by atoms with van der Waals surface area (Å²) < 4.78 is 22.7. The topological polar surface area (TPSA) is 103 Å². The normalized spacial score (nSPS) is 11.6. The van der Waals surface area contributed by atoms with E-state index in [-0.39, 0.29) is 29.8 Å². The summed E-state index contributed by atoms with van der Waals surface area (Å²) in [4.78, 5) is 25.0. The van der Waals surface area contributed by atoms with Crippen molar-refractivity contribution in [3.8, 4) is 11.6 Å². The monoisotopic (exact) mass is 446 g/mol. The second-order valence-electron chi connectivity index (χ2n) is 6.09. The van der Waals surface area contributed by atoms with Crippen LogP contribution < -0.4 is 14.8 Å². The summed E-state index contributed by atoms with van der Waals surface area (Å²) in [6, 6.07) is 10.6. The van der Waals surface area contributed by atoms with Gasteiger partial charge in [0.05, 0.1) is 35.2 Å². The largest absolute Gasteiger partial charge is 0.495 e. The van der Waals surface area contributed by atoms with E-state index < -0.39 is 16.7 Å². The van der Waals surface area contributed by atoms with Gasteiger partial charge in [0.25, 0.3) is 5.91 Å². The first-order valence-corrected chi connectivity index (χ1v) is 10.8. The molecular weight excluding hydrogens is 428 g/mol. The van der Waals surface area contributed by atoms with Crippen molar-refractivity contribution in [2.75, 3.05) is 13.4 Å². The number of aromatic nitrogens is 3. The molecule has 0 saturated carbocycles. The first-order chi connectivity index (χ1) is 14.5. The molecule has 0 aliphatic carbocycles. The molecule has 1 atom stereocenters. The Hall–Kier alpha value is -3.04. The number of carbonyl (C=O) groups is 1. The Morgan fingerprint density at radius 3 is 2.73 bits per heavy atom.